The molecule has 2 aromatic rings. The van der Waals surface area contributed by atoms with Crippen molar-refractivity contribution < 1.29 is 5.11 Å². The molecule has 26 heavy (non-hydrogen) atoms. The zero-order valence-electron chi connectivity index (χ0n) is 16.3. The van der Waals surface area contributed by atoms with Crippen molar-refractivity contribution in [2.45, 2.75) is 58.5 Å². The van der Waals surface area contributed by atoms with E-state index in [1.807, 2.05) is 35.7 Å². The molecule has 0 fully saturated rings. The van der Waals surface area contributed by atoms with E-state index in [2.05, 4.69) is 40.7 Å². The number of pyridine rings is 1. The number of rotatable bonds is 10. The lowest BCUT2D eigenvalue weighted by Gasteiger charge is -2.26. The summed E-state index contributed by atoms with van der Waals surface area (Å²) in [6.07, 6.45) is 8.37. The number of imidazole rings is 1. The minimum absolute atomic E-state index is 0.429. The molecular formula is C20H33N5O. The third-order valence-electron chi connectivity index (χ3n) is 4.39. The lowest BCUT2D eigenvalue weighted by Crippen LogP contribution is -2.40. The van der Waals surface area contributed by atoms with Crippen LogP contribution < -0.4 is 10.6 Å². The summed E-state index contributed by atoms with van der Waals surface area (Å²) in [5.74, 6) is 0.752. The Morgan fingerprint density at radius 3 is 2.62 bits per heavy atom. The Kier molecular flexibility index (Phi) is 7.91. The fourth-order valence-electron chi connectivity index (χ4n) is 3.20. The van der Waals surface area contributed by atoms with Crippen molar-refractivity contribution in [1.82, 2.24) is 20.0 Å². The monoisotopic (exact) mass is 359 g/mol. The van der Waals surface area contributed by atoms with Crippen LogP contribution >= 0.6 is 0 Å². The van der Waals surface area contributed by atoms with Gasteiger partial charge < -0.3 is 20.1 Å². The largest absolute Gasteiger partial charge is 0.388 e. The van der Waals surface area contributed by atoms with Crippen molar-refractivity contribution in [2.75, 3.05) is 19.6 Å². The van der Waals surface area contributed by atoms with E-state index >= 15 is 0 Å². The van der Waals surface area contributed by atoms with Crippen LogP contribution in [0.4, 0.5) is 0 Å². The number of fused-ring (bicyclic) bond motifs is 1. The first-order valence-corrected chi connectivity index (χ1v) is 9.77. The van der Waals surface area contributed by atoms with E-state index in [0.717, 1.165) is 62.5 Å². The second-order valence-corrected chi connectivity index (χ2v) is 6.79. The quantitative estimate of drug-likeness (QED) is 0.450. The van der Waals surface area contributed by atoms with Gasteiger partial charge in [-0.3, -0.25) is 4.99 Å². The van der Waals surface area contributed by atoms with Gasteiger partial charge in [0, 0.05) is 31.9 Å². The Morgan fingerprint density at radius 2 is 1.96 bits per heavy atom. The summed E-state index contributed by atoms with van der Waals surface area (Å²) in [6, 6.07) is 6.00. The van der Waals surface area contributed by atoms with Gasteiger partial charge in [-0.1, -0.05) is 32.8 Å². The molecule has 0 aliphatic heterocycles. The van der Waals surface area contributed by atoms with Gasteiger partial charge >= 0.3 is 0 Å². The highest BCUT2D eigenvalue weighted by molar-refractivity contribution is 5.79. The molecule has 0 amide bonds. The number of guanidine groups is 1. The molecular weight excluding hydrogens is 326 g/mol. The molecule has 2 heterocycles. The molecule has 0 aliphatic rings. The van der Waals surface area contributed by atoms with Crippen molar-refractivity contribution >= 4 is 11.6 Å². The van der Waals surface area contributed by atoms with E-state index in [1.54, 1.807) is 0 Å². The van der Waals surface area contributed by atoms with Crippen molar-refractivity contribution in [1.29, 1.82) is 0 Å². The zero-order valence-corrected chi connectivity index (χ0v) is 16.3. The summed E-state index contributed by atoms with van der Waals surface area (Å²) in [7, 11) is 0. The summed E-state index contributed by atoms with van der Waals surface area (Å²) in [5, 5.41) is 17.3. The molecule has 0 bridgehead atoms. The standard InChI is InChI=1S/C20H33N5O/c1-4-11-20(26,12-5-2)16-23-19(21-6-3)22-13-10-17-15-25-14-8-7-9-18(25)24-17/h7-9,14-15,26H,4-6,10-13,16H2,1-3H3,(H2,21,22,23). The minimum Gasteiger partial charge on any atom is -0.388 e. The van der Waals surface area contributed by atoms with Gasteiger partial charge in [-0.25, -0.2) is 4.98 Å². The maximum absolute atomic E-state index is 10.7. The first-order chi connectivity index (χ1) is 12.6. The Labute approximate surface area is 156 Å². The van der Waals surface area contributed by atoms with Crippen molar-refractivity contribution in [3.05, 3.63) is 36.3 Å². The van der Waals surface area contributed by atoms with E-state index in [-0.39, 0.29) is 0 Å². The number of hydrogen-bond acceptors (Lipinski definition) is 3. The summed E-state index contributed by atoms with van der Waals surface area (Å²) in [4.78, 5) is 9.23. The second-order valence-electron chi connectivity index (χ2n) is 6.79. The number of aliphatic imine (C=N–C) groups is 1. The molecule has 2 rings (SSSR count). The van der Waals surface area contributed by atoms with E-state index in [4.69, 9.17) is 0 Å². The molecule has 0 saturated heterocycles. The zero-order chi connectivity index (χ0) is 18.8. The molecule has 6 heteroatoms. The fraction of sp³-hybridized carbons (Fsp3) is 0.600. The Morgan fingerprint density at radius 1 is 1.19 bits per heavy atom. The van der Waals surface area contributed by atoms with Crippen LogP contribution in [0, 0.1) is 0 Å². The highest BCUT2D eigenvalue weighted by Crippen LogP contribution is 2.19. The predicted molar refractivity (Wildman–Crippen MR) is 108 cm³/mol. The number of nitrogens with zero attached hydrogens (tertiary/aromatic N) is 3. The van der Waals surface area contributed by atoms with Crippen LogP contribution in [-0.2, 0) is 6.42 Å². The van der Waals surface area contributed by atoms with Crippen molar-refractivity contribution in [3.63, 3.8) is 0 Å². The van der Waals surface area contributed by atoms with Gasteiger partial charge in [0.25, 0.3) is 0 Å². The molecule has 2 aromatic heterocycles. The number of hydrogen-bond donors (Lipinski definition) is 3. The third kappa shape index (κ3) is 6.02. The SMILES string of the molecule is CCCC(O)(CCC)CN=C(NCC)NCCc1cn2ccccc2n1. The van der Waals surface area contributed by atoms with Gasteiger partial charge in [0.05, 0.1) is 17.8 Å². The van der Waals surface area contributed by atoms with Gasteiger partial charge in [0.15, 0.2) is 5.96 Å². The van der Waals surface area contributed by atoms with Crippen LogP contribution in [0.1, 0.15) is 52.1 Å². The molecule has 0 atom stereocenters. The van der Waals surface area contributed by atoms with Crippen molar-refractivity contribution in [2.24, 2.45) is 4.99 Å². The number of nitrogens with one attached hydrogen (secondary N) is 2. The number of aromatic nitrogens is 2. The van der Waals surface area contributed by atoms with Crippen LogP contribution in [0.25, 0.3) is 5.65 Å². The molecule has 6 nitrogen and oxygen atoms in total. The molecule has 0 radical (unpaired) electrons. The van der Waals surface area contributed by atoms with Crippen LogP contribution in [0.2, 0.25) is 0 Å². The molecule has 0 aromatic carbocycles. The second kappa shape index (κ2) is 10.2. The van der Waals surface area contributed by atoms with E-state index < -0.39 is 5.60 Å². The lowest BCUT2D eigenvalue weighted by molar-refractivity contribution is 0.0306. The highest BCUT2D eigenvalue weighted by atomic mass is 16.3. The molecule has 144 valence electrons. The predicted octanol–water partition coefficient (Wildman–Crippen LogP) is 2.76. The molecule has 0 unspecified atom stereocenters. The summed E-state index contributed by atoms with van der Waals surface area (Å²) in [5.41, 5.74) is 1.31. The van der Waals surface area contributed by atoms with Gasteiger partial charge in [-0.05, 0) is 31.9 Å². The lowest BCUT2D eigenvalue weighted by atomic mass is 9.93. The molecule has 0 spiro atoms. The van der Waals surface area contributed by atoms with E-state index in [0.29, 0.717) is 6.54 Å². The molecule has 0 saturated carbocycles. The van der Waals surface area contributed by atoms with Gasteiger partial charge in [0.2, 0.25) is 0 Å². The Bertz CT molecular complexity index is 655. The van der Waals surface area contributed by atoms with Crippen LogP contribution in [0.15, 0.2) is 35.6 Å². The van der Waals surface area contributed by atoms with Gasteiger partial charge in [0.1, 0.15) is 5.65 Å². The fourth-order valence-corrected chi connectivity index (χ4v) is 3.20. The topological polar surface area (TPSA) is 74.0 Å². The van der Waals surface area contributed by atoms with E-state index in [1.165, 1.54) is 0 Å². The maximum Gasteiger partial charge on any atom is 0.191 e. The van der Waals surface area contributed by atoms with Gasteiger partial charge in [-0.15, -0.1) is 0 Å². The Balaban J connectivity index is 1.91. The van der Waals surface area contributed by atoms with Crippen LogP contribution in [-0.4, -0.2) is 45.7 Å². The van der Waals surface area contributed by atoms with Crippen molar-refractivity contribution in [3.8, 4) is 0 Å². The average molecular weight is 360 g/mol. The first-order valence-electron chi connectivity index (χ1n) is 9.77. The van der Waals surface area contributed by atoms with Crippen LogP contribution in [0.5, 0.6) is 0 Å². The number of aliphatic hydroxyl groups is 1. The summed E-state index contributed by atoms with van der Waals surface area (Å²) < 4.78 is 2.03. The smallest absolute Gasteiger partial charge is 0.191 e. The molecule has 0 aliphatic carbocycles. The molecule has 3 N–H and O–H groups in total. The van der Waals surface area contributed by atoms with Crippen LogP contribution in [0.3, 0.4) is 0 Å². The summed E-state index contributed by atoms with van der Waals surface area (Å²) >= 11 is 0. The third-order valence-corrected chi connectivity index (χ3v) is 4.39. The highest BCUT2D eigenvalue weighted by Gasteiger charge is 2.24. The summed E-state index contributed by atoms with van der Waals surface area (Å²) in [6.45, 7) is 8.21. The minimum atomic E-state index is -0.701. The van der Waals surface area contributed by atoms with E-state index in [9.17, 15) is 5.11 Å². The normalized spacial score (nSPS) is 12.5. The Hall–Kier alpha value is -2.08. The maximum atomic E-state index is 10.7. The van der Waals surface area contributed by atoms with Gasteiger partial charge in [-0.2, -0.15) is 0 Å². The first kappa shape index (κ1) is 20.2. The average Bonchev–Trinajstić information content (AvgIpc) is 3.03.